The maximum absolute atomic E-state index is 14.1. The van der Waals surface area contributed by atoms with Gasteiger partial charge in [-0.2, -0.15) is 5.10 Å². The van der Waals surface area contributed by atoms with Crippen molar-refractivity contribution >= 4 is 64.7 Å². The van der Waals surface area contributed by atoms with Gasteiger partial charge in [-0.15, -0.1) is 5.10 Å². The summed E-state index contributed by atoms with van der Waals surface area (Å²) in [7, 11) is 1.69. The van der Waals surface area contributed by atoms with E-state index in [0.29, 0.717) is 64.5 Å². The Hall–Kier alpha value is -6.52. The number of nitrogens with one attached hydrogen (secondary N) is 2. The normalized spacial score (nSPS) is 21.7. The highest BCUT2D eigenvalue weighted by Gasteiger charge is 2.42. The van der Waals surface area contributed by atoms with E-state index < -0.39 is 17.7 Å². The Morgan fingerprint density at radius 3 is 2.61 bits per heavy atom. The molecule has 3 atom stereocenters. The Balaban J connectivity index is 0.830. The van der Waals surface area contributed by atoms with Crippen LogP contribution in [0.5, 0.6) is 0 Å². The van der Waals surface area contributed by atoms with Crippen molar-refractivity contribution in [3.8, 4) is 0 Å². The first-order chi connectivity index (χ1) is 31.0. The molecule has 1 saturated carbocycles. The van der Waals surface area contributed by atoms with E-state index in [2.05, 4.69) is 33.8 Å². The predicted molar refractivity (Wildman–Crippen MR) is 239 cm³/mol. The summed E-state index contributed by atoms with van der Waals surface area (Å²) in [6.45, 7) is 5.67. The number of benzene rings is 1. The van der Waals surface area contributed by atoms with Gasteiger partial charge in [-0.05, 0) is 80.5 Å². The summed E-state index contributed by atoms with van der Waals surface area (Å²) < 4.78 is 11.4. The monoisotopic (exact) mass is 868 g/mol. The number of aromatic nitrogens is 2. The number of piperidine rings is 1. The summed E-state index contributed by atoms with van der Waals surface area (Å²) in [4.78, 5) is 90.8. The summed E-state index contributed by atoms with van der Waals surface area (Å²) in [5, 5.41) is 13.9. The SMILES string of the molecule is CC/C=C1\C=NN=C1c1cccc(N2Cc3c(cc(/C=C4\CCC[C@H]4C)nc3CN(C)C(=O)COCCOCCNc3ccc4c(c3)C(=O)CC(C3CCC(=O)NC3=O)C4=O)C2=O)n1. The van der Waals surface area contributed by atoms with Gasteiger partial charge in [0.15, 0.2) is 11.6 Å². The number of nitrogens with zero attached hydrogens (tertiary/aromatic N) is 6. The van der Waals surface area contributed by atoms with Gasteiger partial charge in [0.2, 0.25) is 17.7 Å². The van der Waals surface area contributed by atoms with E-state index in [1.807, 2.05) is 37.3 Å². The molecule has 16 nitrogen and oxygen atoms in total. The van der Waals surface area contributed by atoms with Crippen molar-refractivity contribution in [1.29, 1.82) is 0 Å². The number of likely N-dealkylation sites (N-methyl/N-ethyl adjacent to an activating group) is 1. The minimum absolute atomic E-state index is 0.0769. The number of hydrogen-bond donors (Lipinski definition) is 2. The van der Waals surface area contributed by atoms with Gasteiger partial charge in [0.05, 0.1) is 56.2 Å². The zero-order valence-corrected chi connectivity index (χ0v) is 36.4. The summed E-state index contributed by atoms with van der Waals surface area (Å²) >= 11 is 0. The lowest BCUT2D eigenvalue weighted by molar-refractivity contribution is -0.137. The molecule has 332 valence electrons. The molecule has 3 aromatic rings. The first-order valence-corrected chi connectivity index (χ1v) is 22.0. The number of Topliss-reactive ketones (excluding diaryl/α,β-unsaturated/α-hetero) is 2. The van der Waals surface area contributed by atoms with Crippen molar-refractivity contribution in [2.75, 3.05) is 50.2 Å². The topological polar surface area (TPSA) is 202 Å². The van der Waals surface area contributed by atoms with Gasteiger partial charge in [0.25, 0.3) is 5.91 Å². The first-order valence-electron chi connectivity index (χ1n) is 22.0. The second-order valence-corrected chi connectivity index (χ2v) is 16.8. The number of imide groups is 1. The number of anilines is 2. The molecule has 2 aliphatic carbocycles. The van der Waals surface area contributed by atoms with E-state index in [-0.39, 0.29) is 87.0 Å². The molecule has 2 unspecified atom stereocenters. The minimum Gasteiger partial charge on any atom is -0.383 e. The third kappa shape index (κ3) is 9.53. The van der Waals surface area contributed by atoms with Crippen LogP contribution in [0.2, 0.25) is 0 Å². The van der Waals surface area contributed by atoms with E-state index in [0.717, 1.165) is 36.8 Å². The summed E-state index contributed by atoms with van der Waals surface area (Å²) in [6.07, 6.45) is 10.2. The van der Waals surface area contributed by atoms with Crippen LogP contribution in [0.25, 0.3) is 6.08 Å². The van der Waals surface area contributed by atoms with Crippen LogP contribution in [0, 0.1) is 17.8 Å². The number of carbonyl (C=O) groups is 6. The molecular formula is C48H52N8O8. The fourth-order valence-electron chi connectivity index (χ4n) is 8.96. The molecule has 1 aromatic carbocycles. The lowest BCUT2D eigenvalue weighted by Gasteiger charge is -2.31. The van der Waals surface area contributed by atoms with Crippen molar-refractivity contribution in [2.24, 2.45) is 28.0 Å². The fraction of sp³-hybridized carbons (Fsp3) is 0.417. The number of pyridine rings is 2. The molecule has 2 aromatic heterocycles. The average molecular weight is 869 g/mol. The van der Waals surface area contributed by atoms with Crippen molar-refractivity contribution in [3.05, 3.63) is 99.0 Å². The van der Waals surface area contributed by atoms with Crippen LogP contribution >= 0.6 is 0 Å². The summed E-state index contributed by atoms with van der Waals surface area (Å²) in [5.41, 5.74) is 7.35. The predicted octanol–water partition coefficient (Wildman–Crippen LogP) is 5.51. The molecule has 16 heteroatoms. The maximum atomic E-state index is 14.1. The van der Waals surface area contributed by atoms with Crippen LogP contribution in [0.1, 0.15) is 113 Å². The Morgan fingerprint density at radius 2 is 1.81 bits per heavy atom. The number of allylic oxidation sites excluding steroid dienone is 3. The molecule has 5 aliphatic rings. The number of fused-ring (bicyclic) bond motifs is 2. The number of carbonyl (C=O) groups excluding carboxylic acids is 6. The third-order valence-corrected chi connectivity index (χ3v) is 12.5. The number of hydrogen-bond acceptors (Lipinski definition) is 13. The van der Waals surface area contributed by atoms with Gasteiger partial charge in [0, 0.05) is 71.8 Å². The van der Waals surface area contributed by atoms with Crippen LogP contribution in [-0.2, 0) is 36.9 Å². The quantitative estimate of drug-likeness (QED) is 0.136. The molecule has 0 bridgehead atoms. The van der Waals surface area contributed by atoms with Crippen molar-refractivity contribution in [3.63, 3.8) is 0 Å². The molecule has 0 radical (unpaired) electrons. The van der Waals surface area contributed by atoms with Gasteiger partial charge in [-0.1, -0.05) is 31.6 Å². The third-order valence-electron chi connectivity index (χ3n) is 12.5. The molecule has 2 fully saturated rings. The van der Waals surface area contributed by atoms with Crippen molar-refractivity contribution < 1.29 is 38.2 Å². The Kier molecular flexibility index (Phi) is 13.4. The van der Waals surface area contributed by atoms with E-state index in [4.69, 9.17) is 19.4 Å². The van der Waals surface area contributed by atoms with E-state index in [1.165, 1.54) is 5.57 Å². The Morgan fingerprint density at radius 1 is 0.969 bits per heavy atom. The lowest BCUT2D eigenvalue weighted by Crippen LogP contribution is -2.47. The highest BCUT2D eigenvalue weighted by molar-refractivity contribution is 6.25. The summed E-state index contributed by atoms with van der Waals surface area (Å²) in [6, 6.07) is 12.3. The van der Waals surface area contributed by atoms with Gasteiger partial charge in [0.1, 0.15) is 18.1 Å². The minimum atomic E-state index is -0.779. The average Bonchev–Trinajstić information content (AvgIpc) is 4.02. The zero-order chi connectivity index (χ0) is 44.9. The largest absolute Gasteiger partial charge is 0.383 e. The second-order valence-electron chi connectivity index (χ2n) is 16.8. The maximum Gasteiger partial charge on any atom is 0.260 e. The number of amides is 4. The second kappa shape index (κ2) is 19.5. The smallest absolute Gasteiger partial charge is 0.260 e. The molecule has 4 amide bonds. The molecule has 64 heavy (non-hydrogen) atoms. The highest BCUT2D eigenvalue weighted by atomic mass is 16.5. The fourth-order valence-corrected chi connectivity index (χ4v) is 8.96. The lowest BCUT2D eigenvalue weighted by atomic mass is 9.73. The molecule has 1 saturated heterocycles. The number of rotatable bonds is 16. The van der Waals surface area contributed by atoms with Crippen LogP contribution in [0.3, 0.4) is 0 Å². The van der Waals surface area contributed by atoms with Gasteiger partial charge < -0.3 is 19.7 Å². The molecule has 5 heterocycles. The Labute approximate surface area is 371 Å². The standard InChI is InChI=1S/C48H52N8O8/c1-4-7-30-24-50-54-45(30)39-10-6-11-42(52-39)56-25-38-37(48(56)62)22-32(20-29-9-5-8-28(29)2)51-40(38)26-55(3)44(59)27-64-19-18-63-17-16-49-31-12-13-33-35(21-31)41(57)23-36(46(33)60)34-14-15-43(58)53-47(34)61/h6-7,10-13,20-22,24,28,34,36,49H,4-5,8-9,14-19,23,25-27H2,1-3H3,(H,53,58,61)/b29-20+,30-7+/t28-,34?,36?/m1/s1. The van der Waals surface area contributed by atoms with Crippen LogP contribution in [0.15, 0.2) is 69.9 Å². The van der Waals surface area contributed by atoms with Crippen molar-refractivity contribution in [1.82, 2.24) is 20.2 Å². The Bertz CT molecular complexity index is 2530. The van der Waals surface area contributed by atoms with Gasteiger partial charge in [-0.25, -0.2) is 4.98 Å². The van der Waals surface area contributed by atoms with Crippen LogP contribution < -0.4 is 15.5 Å². The van der Waals surface area contributed by atoms with Crippen LogP contribution in [0.4, 0.5) is 11.5 Å². The number of ether oxygens (including phenoxy) is 2. The van der Waals surface area contributed by atoms with E-state index >= 15 is 0 Å². The van der Waals surface area contributed by atoms with Gasteiger partial charge in [-0.3, -0.25) is 44.0 Å². The number of ketones is 2. The molecule has 2 N–H and O–H groups in total. The van der Waals surface area contributed by atoms with Gasteiger partial charge >= 0.3 is 0 Å². The van der Waals surface area contributed by atoms with Crippen molar-refractivity contribution in [2.45, 2.75) is 71.9 Å². The van der Waals surface area contributed by atoms with Crippen LogP contribution in [-0.4, -0.2) is 102 Å². The molecule has 3 aliphatic heterocycles. The van der Waals surface area contributed by atoms with E-state index in [9.17, 15) is 28.8 Å². The highest BCUT2D eigenvalue weighted by Crippen LogP contribution is 2.36. The van der Waals surface area contributed by atoms with E-state index in [1.54, 1.807) is 41.3 Å². The molecule has 0 spiro atoms. The molecular weight excluding hydrogens is 817 g/mol. The zero-order valence-electron chi connectivity index (χ0n) is 36.4. The summed E-state index contributed by atoms with van der Waals surface area (Å²) in [5.74, 6) is -2.32. The molecule has 8 rings (SSSR count). The first kappa shape index (κ1) is 44.1.